The molecule has 1 unspecified atom stereocenters. The number of amides is 1. The van der Waals surface area contributed by atoms with Crippen molar-refractivity contribution in [1.29, 1.82) is 0 Å². The lowest BCUT2D eigenvalue weighted by molar-refractivity contribution is -0.120. The normalized spacial score (nSPS) is 17.1. The maximum absolute atomic E-state index is 12.7. The second-order valence-corrected chi connectivity index (χ2v) is 7.64. The van der Waals surface area contributed by atoms with E-state index in [0.717, 1.165) is 36.6 Å². The highest BCUT2D eigenvalue weighted by molar-refractivity contribution is 5.93. The van der Waals surface area contributed by atoms with Gasteiger partial charge < -0.3 is 15.1 Å². The minimum Gasteiger partial charge on any atom is -0.356 e. The molecule has 0 aliphatic carbocycles. The zero-order valence-corrected chi connectivity index (χ0v) is 16.6. The third kappa shape index (κ3) is 4.76. The molecule has 3 rings (SSSR count). The number of carbonyl (C=O) groups excluding carboxylic acids is 1. The number of nitrogens with one attached hydrogen (secondary N) is 1. The molecular weight excluding hydrogens is 338 g/mol. The first kappa shape index (κ1) is 19.1. The molecule has 1 aliphatic rings. The van der Waals surface area contributed by atoms with Crippen LogP contribution >= 0.6 is 0 Å². The minimum absolute atomic E-state index is 0.0424. The number of hydrogen-bond acceptors (Lipinski definition) is 5. The largest absolute Gasteiger partial charge is 0.356 e. The maximum Gasteiger partial charge on any atom is 0.229 e. The van der Waals surface area contributed by atoms with Crippen LogP contribution in [0.1, 0.15) is 38.3 Å². The number of piperidine rings is 1. The summed E-state index contributed by atoms with van der Waals surface area (Å²) in [7, 11) is 3.91. The van der Waals surface area contributed by atoms with E-state index in [2.05, 4.69) is 35.1 Å². The second kappa shape index (κ2) is 8.37. The molecule has 2 aromatic rings. The first-order chi connectivity index (χ1) is 12.9. The summed E-state index contributed by atoms with van der Waals surface area (Å²) in [5, 5.41) is 3.04. The first-order valence-corrected chi connectivity index (χ1v) is 9.61. The van der Waals surface area contributed by atoms with Crippen molar-refractivity contribution < 1.29 is 4.79 Å². The van der Waals surface area contributed by atoms with Gasteiger partial charge in [-0.25, -0.2) is 4.98 Å². The van der Waals surface area contributed by atoms with Crippen molar-refractivity contribution in [3.63, 3.8) is 0 Å². The summed E-state index contributed by atoms with van der Waals surface area (Å²) >= 11 is 0. The van der Waals surface area contributed by atoms with Crippen molar-refractivity contribution in [1.82, 2.24) is 9.97 Å². The molecule has 2 heterocycles. The predicted octanol–water partition coefficient (Wildman–Crippen LogP) is 3.52. The molecule has 1 aliphatic heterocycles. The first-order valence-electron chi connectivity index (χ1n) is 9.61. The topological polar surface area (TPSA) is 61.4 Å². The van der Waals surface area contributed by atoms with Crippen molar-refractivity contribution in [3.05, 3.63) is 42.1 Å². The number of carbonyl (C=O) groups is 1. The number of rotatable bonds is 5. The maximum atomic E-state index is 12.7. The summed E-state index contributed by atoms with van der Waals surface area (Å²) in [5.74, 6) is 1.99. The molecule has 144 valence electrons. The fraction of sp³-hybridized carbons (Fsp3) is 0.476. The number of hydrogen-bond donors (Lipinski definition) is 1. The van der Waals surface area contributed by atoms with Crippen LogP contribution in [0.2, 0.25) is 0 Å². The van der Waals surface area contributed by atoms with Crippen molar-refractivity contribution in [3.8, 4) is 0 Å². The van der Waals surface area contributed by atoms with Gasteiger partial charge in [0.1, 0.15) is 5.82 Å². The SMILES string of the molecule is CC(C)c1cc(N2CCCC(C(=O)Nc3ccccc3)C2)nc(N(C)C)n1. The van der Waals surface area contributed by atoms with Gasteiger partial charge in [0.05, 0.1) is 11.6 Å². The Morgan fingerprint density at radius 3 is 2.63 bits per heavy atom. The Bertz CT molecular complexity index is 749. The van der Waals surface area contributed by atoms with Crippen LogP contribution in [0.3, 0.4) is 0 Å². The van der Waals surface area contributed by atoms with E-state index in [1.54, 1.807) is 0 Å². The van der Waals surface area contributed by atoms with E-state index < -0.39 is 0 Å². The Hall–Kier alpha value is -2.63. The van der Waals surface area contributed by atoms with E-state index in [1.165, 1.54) is 0 Å². The van der Waals surface area contributed by atoms with Gasteiger partial charge in [-0.3, -0.25) is 4.79 Å². The molecule has 1 amide bonds. The van der Waals surface area contributed by atoms with Gasteiger partial charge in [-0.15, -0.1) is 0 Å². The Kier molecular flexibility index (Phi) is 5.94. The highest BCUT2D eigenvalue weighted by Crippen LogP contribution is 2.26. The molecule has 0 saturated carbocycles. The summed E-state index contributed by atoms with van der Waals surface area (Å²) in [6.45, 7) is 5.87. The van der Waals surface area contributed by atoms with Crippen molar-refractivity contribution in [2.45, 2.75) is 32.6 Å². The van der Waals surface area contributed by atoms with E-state index in [9.17, 15) is 4.79 Å². The average Bonchev–Trinajstić information content (AvgIpc) is 2.68. The zero-order valence-electron chi connectivity index (χ0n) is 16.6. The number of para-hydroxylation sites is 1. The molecule has 27 heavy (non-hydrogen) atoms. The molecular formula is C21H29N5O. The standard InChI is InChI=1S/C21H29N5O/c1-15(2)18-13-19(24-21(23-18)25(3)4)26-12-8-9-16(14-26)20(27)22-17-10-6-5-7-11-17/h5-7,10-11,13,15-16H,8-9,12,14H2,1-4H3,(H,22,27). The lowest BCUT2D eigenvalue weighted by atomic mass is 9.97. The van der Waals surface area contributed by atoms with Crippen LogP contribution in [0.25, 0.3) is 0 Å². The number of benzene rings is 1. The molecule has 0 radical (unpaired) electrons. The van der Waals surface area contributed by atoms with E-state index in [-0.39, 0.29) is 11.8 Å². The third-order valence-electron chi connectivity index (χ3n) is 4.87. The number of nitrogens with zero attached hydrogens (tertiary/aromatic N) is 4. The van der Waals surface area contributed by atoms with E-state index in [4.69, 9.17) is 4.98 Å². The molecule has 1 saturated heterocycles. The van der Waals surface area contributed by atoms with E-state index >= 15 is 0 Å². The lowest BCUT2D eigenvalue weighted by Gasteiger charge is -2.33. The number of anilines is 3. The van der Waals surface area contributed by atoms with Crippen molar-refractivity contribution >= 4 is 23.4 Å². The zero-order chi connectivity index (χ0) is 19.4. The van der Waals surface area contributed by atoms with Crippen LogP contribution in [0.15, 0.2) is 36.4 Å². The molecule has 0 spiro atoms. The summed E-state index contributed by atoms with van der Waals surface area (Å²) in [4.78, 5) is 26.2. The summed E-state index contributed by atoms with van der Waals surface area (Å²) in [6.07, 6.45) is 1.88. The van der Waals surface area contributed by atoms with Crippen LogP contribution in [0.5, 0.6) is 0 Å². The van der Waals surface area contributed by atoms with Gasteiger partial charge >= 0.3 is 0 Å². The van der Waals surface area contributed by atoms with Crippen molar-refractivity contribution in [2.75, 3.05) is 42.3 Å². The Morgan fingerprint density at radius 1 is 1.22 bits per heavy atom. The lowest BCUT2D eigenvalue weighted by Crippen LogP contribution is -2.41. The monoisotopic (exact) mass is 367 g/mol. The molecule has 1 aromatic carbocycles. The van der Waals surface area contributed by atoms with Gasteiger partial charge in [0.15, 0.2) is 0 Å². The third-order valence-corrected chi connectivity index (χ3v) is 4.87. The Labute approximate surface area is 161 Å². The van der Waals surface area contributed by atoms with Gasteiger partial charge in [0.25, 0.3) is 0 Å². The van der Waals surface area contributed by atoms with Crippen LogP contribution in [-0.2, 0) is 4.79 Å². The minimum atomic E-state index is -0.0424. The number of aromatic nitrogens is 2. The molecule has 6 heteroatoms. The molecule has 0 bridgehead atoms. The highest BCUT2D eigenvalue weighted by Gasteiger charge is 2.27. The van der Waals surface area contributed by atoms with Crippen LogP contribution in [-0.4, -0.2) is 43.1 Å². The van der Waals surface area contributed by atoms with E-state index in [1.807, 2.05) is 49.3 Å². The van der Waals surface area contributed by atoms with Gasteiger partial charge in [-0.05, 0) is 30.9 Å². The molecule has 1 N–H and O–H groups in total. The smallest absolute Gasteiger partial charge is 0.229 e. The molecule has 6 nitrogen and oxygen atoms in total. The molecule has 1 atom stereocenters. The van der Waals surface area contributed by atoms with Gasteiger partial charge in [-0.1, -0.05) is 32.0 Å². The average molecular weight is 367 g/mol. The van der Waals surface area contributed by atoms with E-state index in [0.29, 0.717) is 18.4 Å². The van der Waals surface area contributed by atoms with Crippen LogP contribution < -0.4 is 15.1 Å². The van der Waals surface area contributed by atoms with Crippen molar-refractivity contribution in [2.24, 2.45) is 5.92 Å². The fourth-order valence-electron chi connectivity index (χ4n) is 3.26. The Balaban J connectivity index is 1.76. The Morgan fingerprint density at radius 2 is 1.96 bits per heavy atom. The molecule has 1 aromatic heterocycles. The van der Waals surface area contributed by atoms with Crippen LogP contribution in [0.4, 0.5) is 17.5 Å². The van der Waals surface area contributed by atoms with Gasteiger partial charge in [0, 0.05) is 38.9 Å². The fourth-order valence-corrected chi connectivity index (χ4v) is 3.26. The molecule has 1 fully saturated rings. The van der Waals surface area contributed by atoms with Gasteiger partial charge in [-0.2, -0.15) is 4.98 Å². The highest BCUT2D eigenvalue weighted by atomic mass is 16.1. The second-order valence-electron chi connectivity index (χ2n) is 7.64. The van der Waals surface area contributed by atoms with Crippen LogP contribution in [0, 0.1) is 5.92 Å². The summed E-state index contributed by atoms with van der Waals surface area (Å²) < 4.78 is 0. The quantitative estimate of drug-likeness (QED) is 0.876. The summed E-state index contributed by atoms with van der Waals surface area (Å²) in [6, 6.07) is 11.7. The van der Waals surface area contributed by atoms with Gasteiger partial charge in [0.2, 0.25) is 11.9 Å². The predicted molar refractivity (Wildman–Crippen MR) is 110 cm³/mol. The summed E-state index contributed by atoms with van der Waals surface area (Å²) in [5.41, 5.74) is 1.87.